The molecule has 1 unspecified atom stereocenters. The topological polar surface area (TPSA) is 12.0 Å². The highest BCUT2D eigenvalue weighted by molar-refractivity contribution is 6.04. The van der Waals surface area contributed by atoms with E-state index in [4.69, 9.17) is 7.98 Å². The van der Waals surface area contributed by atoms with E-state index < -0.39 is 12.8 Å². The van der Waals surface area contributed by atoms with Gasteiger partial charge in [0.05, 0.1) is 0 Å². The molecule has 0 aliphatic heterocycles. The molecule has 4 heteroatoms. The molecule has 2 radical (unpaired) electrons. The average Bonchev–Trinajstić information content (AvgIpc) is 1.83. The van der Waals surface area contributed by atoms with Gasteiger partial charge in [0.25, 0.3) is 0 Å². The van der Waals surface area contributed by atoms with E-state index in [-0.39, 0.29) is 6.42 Å². The molecule has 0 saturated heterocycles. The third-order valence-corrected chi connectivity index (χ3v) is 0.769. The molecule has 0 heterocycles. The predicted octanol–water partition coefficient (Wildman–Crippen LogP) is 0.357. The van der Waals surface area contributed by atoms with Crippen LogP contribution in [0.3, 0.4) is 0 Å². The summed E-state index contributed by atoms with van der Waals surface area (Å²) < 4.78 is 23.1. The first-order valence-corrected chi connectivity index (χ1v) is 2.44. The first-order valence-electron chi connectivity index (χ1n) is 2.44. The average molecular weight is 119 g/mol. The van der Waals surface area contributed by atoms with Gasteiger partial charge < -0.3 is 5.23 Å². The third-order valence-electron chi connectivity index (χ3n) is 0.769. The number of hydrogen-bond donors (Lipinski definition) is 1. The second-order valence-electron chi connectivity index (χ2n) is 1.49. The molecule has 0 bridgehead atoms. The maximum atomic E-state index is 11.8. The molecular weight excluding hydrogens is 111 g/mol. The lowest BCUT2D eigenvalue weighted by Gasteiger charge is -2.00. The van der Waals surface area contributed by atoms with E-state index in [1.165, 1.54) is 0 Å². The monoisotopic (exact) mass is 119 g/mol. The lowest BCUT2D eigenvalue weighted by molar-refractivity contribution is 0.249. The Kier molecular flexibility index (Phi) is 4.96. The summed E-state index contributed by atoms with van der Waals surface area (Å²) in [6.07, 6.45) is -1.21. The molecule has 1 N–H and O–H groups in total. The molecule has 8 heavy (non-hydrogen) atoms. The number of halogens is 2. The minimum absolute atomic E-state index is 0.146. The molecule has 0 aromatic carbocycles. The summed E-state index contributed by atoms with van der Waals surface area (Å²) in [4.78, 5) is 0. The van der Waals surface area contributed by atoms with Crippen molar-refractivity contribution in [3.63, 3.8) is 0 Å². The van der Waals surface area contributed by atoms with Crippen LogP contribution in [0, 0.1) is 0 Å². The number of nitrogens with one attached hydrogen (secondary N) is 1. The number of alkyl halides is 2. The van der Waals surface area contributed by atoms with Gasteiger partial charge in [-0.1, -0.05) is 0 Å². The van der Waals surface area contributed by atoms with Crippen molar-refractivity contribution in [3.8, 4) is 0 Å². The van der Waals surface area contributed by atoms with Crippen LogP contribution < -0.4 is 5.23 Å². The summed E-state index contributed by atoms with van der Waals surface area (Å²) in [6.45, 7) is -0.591. The van der Waals surface area contributed by atoms with Crippen LogP contribution in [0.1, 0.15) is 6.42 Å². The van der Waals surface area contributed by atoms with Gasteiger partial charge in [-0.2, -0.15) is 0 Å². The molecule has 1 atom stereocenters. The van der Waals surface area contributed by atoms with Gasteiger partial charge in [-0.3, -0.25) is 0 Å². The Morgan fingerprint density at radius 3 is 2.62 bits per heavy atom. The minimum atomic E-state index is -1.36. The zero-order valence-corrected chi connectivity index (χ0v) is 4.53. The van der Waals surface area contributed by atoms with Gasteiger partial charge in [-0.05, 0) is 13.0 Å². The summed E-state index contributed by atoms with van der Waals surface area (Å²) in [5.41, 5.74) is 0. The number of rotatable bonds is 4. The Hall–Kier alpha value is -0.115. The van der Waals surface area contributed by atoms with Gasteiger partial charge in [0, 0.05) is 0 Å². The van der Waals surface area contributed by atoms with Crippen molar-refractivity contribution in [1.82, 2.24) is 5.23 Å². The van der Waals surface area contributed by atoms with E-state index in [2.05, 4.69) is 5.23 Å². The molecule has 0 fully saturated rings. The zero-order chi connectivity index (χ0) is 6.41. The molecule has 0 spiro atoms. The molecule has 0 saturated carbocycles. The summed E-state index contributed by atoms with van der Waals surface area (Å²) in [5.74, 6) is 0. The van der Waals surface area contributed by atoms with Crippen LogP contribution >= 0.6 is 0 Å². The van der Waals surface area contributed by atoms with Crippen molar-refractivity contribution >= 4 is 7.98 Å². The third kappa shape index (κ3) is 4.05. The predicted molar refractivity (Wildman–Crippen MR) is 29.2 cm³/mol. The largest absolute Gasteiger partial charge is 0.366 e. The van der Waals surface area contributed by atoms with E-state index in [9.17, 15) is 8.78 Å². The highest BCUT2D eigenvalue weighted by Gasteiger charge is 2.01. The van der Waals surface area contributed by atoms with E-state index in [0.29, 0.717) is 6.54 Å². The van der Waals surface area contributed by atoms with Crippen molar-refractivity contribution < 1.29 is 8.78 Å². The van der Waals surface area contributed by atoms with Crippen molar-refractivity contribution in [1.29, 1.82) is 0 Å². The smallest absolute Gasteiger partial charge is 0.177 e. The van der Waals surface area contributed by atoms with Crippen LogP contribution in [-0.2, 0) is 0 Å². The van der Waals surface area contributed by atoms with Crippen molar-refractivity contribution in [2.24, 2.45) is 0 Å². The fraction of sp³-hybridized carbons (Fsp3) is 1.00. The van der Waals surface area contributed by atoms with Crippen molar-refractivity contribution in [3.05, 3.63) is 0 Å². The lowest BCUT2D eigenvalue weighted by atomic mass is 10.3. The molecule has 0 aromatic rings. The molecule has 0 amide bonds. The fourth-order valence-electron chi connectivity index (χ4n) is 0.317. The quantitative estimate of drug-likeness (QED) is 0.526. The second kappa shape index (κ2) is 5.03. The van der Waals surface area contributed by atoms with Gasteiger partial charge in [-0.25, -0.2) is 8.78 Å². The first kappa shape index (κ1) is 7.88. The van der Waals surface area contributed by atoms with Crippen LogP contribution in [0.25, 0.3) is 0 Å². The van der Waals surface area contributed by atoms with E-state index in [0.717, 1.165) is 0 Å². The van der Waals surface area contributed by atoms with Crippen molar-refractivity contribution in [2.45, 2.75) is 12.6 Å². The molecule has 1 nitrogen and oxygen atoms in total. The van der Waals surface area contributed by atoms with Gasteiger partial charge in [-0.15, -0.1) is 0 Å². The van der Waals surface area contributed by atoms with E-state index >= 15 is 0 Å². The molecule has 46 valence electrons. The van der Waals surface area contributed by atoms with E-state index in [1.807, 2.05) is 0 Å². The standard InChI is InChI=1S/C4H8BF2N/c5-8-2-1-4(7)3-6/h4,8H,1-3H2. The van der Waals surface area contributed by atoms with Crippen molar-refractivity contribution in [2.75, 3.05) is 13.2 Å². The summed E-state index contributed by atoms with van der Waals surface area (Å²) >= 11 is 0. The molecule has 0 aliphatic carbocycles. The molecule has 0 aliphatic rings. The van der Waals surface area contributed by atoms with Crippen LogP contribution in [-0.4, -0.2) is 27.4 Å². The van der Waals surface area contributed by atoms with Gasteiger partial charge in [0.2, 0.25) is 0 Å². The number of hydrogen-bond acceptors (Lipinski definition) is 1. The maximum Gasteiger partial charge on any atom is 0.177 e. The van der Waals surface area contributed by atoms with Crippen LogP contribution in [0.5, 0.6) is 0 Å². The van der Waals surface area contributed by atoms with Gasteiger partial charge in [0.1, 0.15) is 12.8 Å². The molecule has 0 rings (SSSR count). The summed E-state index contributed by atoms with van der Waals surface area (Å²) in [7, 11) is 4.79. The van der Waals surface area contributed by atoms with Crippen LogP contribution in [0.4, 0.5) is 8.78 Å². The highest BCUT2D eigenvalue weighted by atomic mass is 19.2. The lowest BCUT2D eigenvalue weighted by Crippen LogP contribution is -2.16. The second-order valence-corrected chi connectivity index (χ2v) is 1.49. The van der Waals surface area contributed by atoms with E-state index in [1.54, 1.807) is 0 Å². The van der Waals surface area contributed by atoms with Gasteiger partial charge in [0.15, 0.2) is 7.98 Å². The van der Waals surface area contributed by atoms with Crippen LogP contribution in [0.2, 0.25) is 0 Å². The molecule has 0 aromatic heterocycles. The summed E-state index contributed by atoms with van der Waals surface area (Å²) in [6, 6.07) is 0. The summed E-state index contributed by atoms with van der Waals surface area (Å²) in [5, 5.41) is 2.23. The Morgan fingerprint density at radius 2 is 2.25 bits per heavy atom. The Labute approximate surface area is 48.9 Å². The van der Waals surface area contributed by atoms with Gasteiger partial charge >= 0.3 is 0 Å². The highest BCUT2D eigenvalue weighted by Crippen LogP contribution is 1.95. The SMILES string of the molecule is [B]NCCC(F)CF. The van der Waals surface area contributed by atoms with Crippen LogP contribution in [0.15, 0.2) is 0 Å². The minimum Gasteiger partial charge on any atom is -0.366 e. The normalized spacial score (nSPS) is 13.8. The Morgan fingerprint density at radius 1 is 1.62 bits per heavy atom. The fourth-order valence-corrected chi connectivity index (χ4v) is 0.317. The Bertz CT molecular complexity index is 53.3. The first-order chi connectivity index (χ1) is 3.81. The maximum absolute atomic E-state index is 11.8. The molecular formula is C4H8BF2N. The zero-order valence-electron chi connectivity index (χ0n) is 4.53. The Balaban J connectivity index is 2.86.